The minimum atomic E-state index is -0.0779. The molecule has 114 valence electrons. The number of hydrogen-bond donors (Lipinski definition) is 1. The van der Waals surface area contributed by atoms with Crippen LogP contribution in [0, 0.1) is 5.92 Å². The van der Waals surface area contributed by atoms with Crippen LogP contribution < -0.4 is 5.32 Å². The monoisotopic (exact) mass is 336 g/mol. The number of amides is 1. The van der Waals surface area contributed by atoms with Gasteiger partial charge in [0.1, 0.15) is 0 Å². The number of nitrogens with zero attached hydrogens (tertiary/aromatic N) is 1. The number of carbonyl (C=O) groups is 1. The van der Waals surface area contributed by atoms with Crippen LogP contribution in [0.4, 0.5) is 0 Å². The SMILES string of the molecule is CNCC1CCCN(C(=O)C(C)c2ccc(Cl)s2)C1.Cl. The molecule has 1 aromatic heterocycles. The van der Waals surface area contributed by atoms with Crippen molar-refractivity contribution in [1.29, 1.82) is 0 Å². The summed E-state index contributed by atoms with van der Waals surface area (Å²) in [6, 6.07) is 3.83. The summed E-state index contributed by atoms with van der Waals surface area (Å²) in [7, 11) is 1.97. The van der Waals surface area contributed by atoms with Gasteiger partial charge in [-0.1, -0.05) is 11.6 Å². The predicted octanol–water partition coefficient (Wildman–Crippen LogP) is 3.38. The Morgan fingerprint density at radius 3 is 2.95 bits per heavy atom. The number of piperidine rings is 1. The third-order valence-electron chi connectivity index (χ3n) is 3.71. The Kier molecular flexibility index (Phi) is 7.30. The average molecular weight is 337 g/mol. The van der Waals surface area contributed by atoms with Crippen molar-refractivity contribution >= 4 is 41.3 Å². The van der Waals surface area contributed by atoms with Crippen LogP contribution in [0.2, 0.25) is 4.34 Å². The molecule has 1 fully saturated rings. The maximum absolute atomic E-state index is 12.5. The molecule has 1 saturated heterocycles. The van der Waals surface area contributed by atoms with E-state index in [4.69, 9.17) is 11.6 Å². The van der Waals surface area contributed by atoms with Crippen molar-refractivity contribution in [2.75, 3.05) is 26.7 Å². The van der Waals surface area contributed by atoms with Gasteiger partial charge in [-0.25, -0.2) is 0 Å². The van der Waals surface area contributed by atoms with Crippen molar-refractivity contribution in [3.05, 3.63) is 21.3 Å². The Hall–Kier alpha value is -0.290. The molecule has 1 aromatic rings. The summed E-state index contributed by atoms with van der Waals surface area (Å²) in [6.07, 6.45) is 2.32. The quantitative estimate of drug-likeness (QED) is 0.913. The molecule has 0 aliphatic carbocycles. The van der Waals surface area contributed by atoms with E-state index in [1.165, 1.54) is 17.8 Å². The van der Waals surface area contributed by atoms with Gasteiger partial charge >= 0.3 is 0 Å². The lowest BCUT2D eigenvalue weighted by Gasteiger charge is -2.34. The molecule has 3 nitrogen and oxygen atoms in total. The summed E-state index contributed by atoms with van der Waals surface area (Å²) in [5, 5.41) is 3.21. The molecular formula is C14H22Cl2N2OS. The summed E-state index contributed by atoms with van der Waals surface area (Å²) in [6.45, 7) is 4.74. The number of nitrogens with one attached hydrogen (secondary N) is 1. The Balaban J connectivity index is 0.00000200. The fourth-order valence-electron chi connectivity index (χ4n) is 2.68. The van der Waals surface area contributed by atoms with Gasteiger partial charge in [-0.15, -0.1) is 23.7 Å². The van der Waals surface area contributed by atoms with Crippen molar-refractivity contribution in [3.63, 3.8) is 0 Å². The molecule has 0 radical (unpaired) electrons. The zero-order valence-electron chi connectivity index (χ0n) is 11.9. The van der Waals surface area contributed by atoms with Gasteiger partial charge in [0.2, 0.25) is 5.91 Å². The van der Waals surface area contributed by atoms with Gasteiger partial charge < -0.3 is 10.2 Å². The highest BCUT2D eigenvalue weighted by atomic mass is 35.5. The number of thiophene rings is 1. The molecule has 1 aliphatic rings. The summed E-state index contributed by atoms with van der Waals surface area (Å²) < 4.78 is 0.751. The molecule has 1 aliphatic heterocycles. The molecule has 1 amide bonds. The van der Waals surface area contributed by atoms with E-state index in [9.17, 15) is 4.79 Å². The fraction of sp³-hybridized carbons (Fsp3) is 0.643. The first-order chi connectivity index (χ1) is 9.11. The standard InChI is InChI=1S/C14H21ClN2OS.ClH/c1-10(12-5-6-13(15)19-12)14(18)17-7-3-4-11(9-17)8-16-2;/h5-6,10-11,16H,3-4,7-9H2,1-2H3;1H. The lowest BCUT2D eigenvalue weighted by Crippen LogP contribution is -2.43. The molecule has 0 spiro atoms. The minimum Gasteiger partial charge on any atom is -0.342 e. The Bertz CT molecular complexity index is 437. The van der Waals surface area contributed by atoms with Crippen LogP contribution in [0.1, 0.15) is 30.6 Å². The van der Waals surface area contributed by atoms with Gasteiger partial charge in [-0.3, -0.25) is 4.79 Å². The highest BCUT2D eigenvalue weighted by Crippen LogP contribution is 2.30. The molecule has 20 heavy (non-hydrogen) atoms. The Morgan fingerprint density at radius 2 is 2.35 bits per heavy atom. The molecule has 0 saturated carbocycles. The Morgan fingerprint density at radius 1 is 1.60 bits per heavy atom. The van der Waals surface area contributed by atoms with Crippen molar-refractivity contribution in [3.8, 4) is 0 Å². The first-order valence-electron chi connectivity index (χ1n) is 6.80. The van der Waals surface area contributed by atoms with E-state index in [1.807, 2.05) is 31.0 Å². The molecule has 2 unspecified atom stereocenters. The molecule has 2 rings (SSSR count). The van der Waals surface area contributed by atoms with Gasteiger partial charge in [0.05, 0.1) is 10.3 Å². The lowest BCUT2D eigenvalue weighted by molar-refractivity contribution is -0.134. The molecular weight excluding hydrogens is 315 g/mol. The molecule has 6 heteroatoms. The Labute approximate surface area is 136 Å². The van der Waals surface area contributed by atoms with E-state index >= 15 is 0 Å². The highest BCUT2D eigenvalue weighted by Gasteiger charge is 2.27. The summed E-state index contributed by atoms with van der Waals surface area (Å²) >= 11 is 7.45. The average Bonchev–Trinajstić information content (AvgIpc) is 2.84. The first kappa shape index (κ1) is 17.8. The minimum absolute atomic E-state index is 0. The molecule has 0 bridgehead atoms. The van der Waals surface area contributed by atoms with Crippen LogP contribution in [0.5, 0.6) is 0 Å². The maximum Gasteiger partial charge on any atom is 0.230 e. The van der Waals surface area contributed by atoms with Crippen molar-refractivity contribution < 1.29 is 4.79 Å². The van der Waals surface area contributed by atoms with Crippen LogP contribution in [-0.4, -0.2) is 37.5 Å². The van der Waals surface area contributed by atoms with Gasteiger partial charge in [-0.05, 0) is 51.4 Å². The van der Waals surface area contributed by atoms with Crippen molar-refractivity contribution in [1.82, 2.24) is 10.2 Å². The van der Waals surface area contributed by atoms with Crippen LogP contribution in [0.15, 0.2) is 12.1 Å². The number of hydrogen-bond acceptors (Lipinski definition) is 3. The normalized spacial score (nSPS) is 20.4. The molecule has 2 atom stereocenters. The van der Waals surface area contributed by atoms with E-state index in [2.05, 4.69) is 5.32 Å². The smallest absolute Gasteiger partial charge is 0.230 e. The zero-order valence-corrected chi connectivity index (χ0v) is 14.3. The van der Waals surface area contributed by atoms with Crippen LogP contribution in [-0.2, 0) is 4.79 Å². The molecule has 2 heterocycles. The largest absolute Gasteiger partial charge is 0.342 e. The first-order valence-corrected chi connectivity index (χ1v) is 8.00. The maximum atomic E-state index is 12.5. The molecule has 1 N–H and O–H groups in total. The van der Waals surface area contributed by atoms with E-state index in [0.717, 1.165) is 35.3 Å². The third-order valence-corrected chi connectivity index (χ3v) is 5.13. The second-order valence-corrected chi connectivity index (χ2v) is 6.96. The lowest BCUT2D eigenvalue weighted by atomic mass is 9.96. The summed E-state index contributed by atoms with van der Waals surface area (Å²) in [5.74, 6) is 0.743. The van der Waals surface area contributed by atoms with E-state index in [-0.39, 0.29) is 24.2 Å². The van der Waals surface area contributed by atoms with E-state index < -0.39 is 0 Å². The van der Waals surface area contributed by atoms with Crippen LogP contribution in [0.25, 0.3) is 0 Å². The summed E-state index contributed by atoms with van der Waals surface area (Å²) in [5.41, 5.74) is 0. The predicted molar refractivity (Wildman–Crippen MR) is 88.2 cm³/mol. The third kappa shape index (κ3) is 4.35. The van der Waals surface area contributed by atoms with Gasteiger partial charge in [0.25, 0.3) is 0 Å². The number of likely N-dealkylation sites (tertiary alicyclic amines) is 1. The van der Waals surface area contributed by atoms with Crippen molar-refractivity contribution in [2.24, 2.45) is 5.92 Å². The van der Waals surface area contributed by atoms with Gasteiger partial charge in [-0.2, -0.15) is 0 Å². The topological polar surface area (TPSA) is 32.3 Å². The van der Waals surface area contributed by atoms with E-state index in [1.54, 1.807) is 0 Å². The summed E-state index contributed by atoms with van der Waals surface area (Å²) in [4.78, 5) is 15.6. The molecule has 0 aromatic carbocycles. The highest BCUT2D eigenvalue weighted by molar-refractivity contribution is 7.16. The second-order valence-electron chi connectivity index (χ2n) is 5.21. The van der Waals surface area contributed by atoms with Crippen molar-refractivity contribution in [2.45, 2.75) is 25.7 Å². The fourth-order valence-corrected chi connectivity index (χ4v) is 3.78. The van der Waals surface area contributed by atoms with Crippen LogP contribution >= 0.6 is 35.3 Å². The number of carbonyl (C=O) groups excluding carboxylic acids is 1. The van der Waals surface area contributed by atoms with Gasteiger partial charge in [0, 0.05) is 18.0 Å². The number of halogens is 2. The van der Waals surface area contributed by atoms with Crippen LogP contribution in [0.3, 0.4) is 0 Å². The van der Waals surface area contributed by atoms with Gasteiger partial charge in [0.15, 0.2) is 0 Å². The zero-order chi connectivity index (χ0) is 13.8. The van der Waals surface area contributed by atoms with E-state index in [0.29, 0.717) is 5.92 Å². The number of rotatable bonds is 4. The second kappa shape index (κ2) is 8.23.